The number of aliphatic hydroxyl groups is 1. The SMILES string of the molecule is CC[C@H]1C(=O)N[C@@H](Cc2ccc(O)cc2)C(=O)N[C@H](Cc2c[nH]c3ccccc23)C(=O)N[C@@H](CCCCN)C(=O)N[C@@H]([C@@H](C)O)C(=O)N[C@@H](Cc2ccccc2)C(=O)N1C. The maximum absolute atomic E-state index is 14.5. The first kappa shape index (κ1) is 44.8. The number of aromatic nitrogens is 1. The highest BCUT2D eigenvalue weighted by Crippen LogP contribution is 2.20. The molecule has 5 rings (SSSR count). The number of nitrogens with zero attached hydrogens (tertiary/aromatic N) is 1. The molecule has 2 heterocycles. The highest BCUT2D eigenvalue weighted by atomic mass is 16.3. The first-order valence-corrected chi connectivity index (χ1v) is 20.3. The fourth-order valence-corrected chi connectivity index (χ4v) is 7.39. The monoisotopic (exact) mass is 824 g/mol. The third kappa shape index (κ3) is 11.7. The third-order valence-corrected chi connectivity index (χ3v) is 10.8. The molecule has 1 aliphatic heterocycles. The average molecular weight is 825 g/mol. The minimum Gasteiger partial charge on any atom is -0.508 e. The van der Waals surface area contributed by atoms with Crippen molar-refractivity contribution in [2.75, 3.05) is 13.6 Å². The zero-order valence-corrected chi connectivity index (χ0v) is 34.1. The van der Waals surface area contributed by atoms with Crippen molar-refractivity contribution in [2.24, 2.45) is 5.73 Å². The lowest BCUT2D eigenvalue weighted by atomic mass is 10.00. The minimum absolute atomic E-state index is 0.000521. The van der Waals surface area contributed by atoms with Gasteiger partial charge in [-0.1, -0.05) is 67.6 Å². The first-order chi connectivity index (χ1) is 28.8. The number of aromatic hydroxyl groups is 1. The summed E-state index contributed by atoms with van der Waals surface area (Å²) in [5, 5.41) is 35.3. The van der Waals surface area contributed by atoms with Gasteiger partial charge in [0.15, 0.2) is 0 Å². The van der Waals surface area contributed by atoms with Crippen LogP contribution in [0.5, 0.6) is 5.75 Å². The van der Waals surface area contributed by atoms with E-state index < -0.39 is 77.8 Å². The van der Waals surface area contributed by atoms with E-state index >= 15 is 0 Å². The van der Waals surface area contributed by atoms with Gasteiger partial charge in [-0.05, 0) is 74.0 Å². The summed E-state index contributed by atoms with van der Waals surface area (Å²) in [6.45, 7) is 3.33. The van der Waals surface area contributed by atoms with Crippen LogP contribution in [0, 0.1) is 0 Å². The quantitative estimate of drug-likeness (QED) is 0.0927. The number of H-pyrrole nitrogens is 1. The van der Waals surface area contributed by atoms with E-state index in [1.54, 1.807) is 55.6 Å². The molecule has 16 heteroatoms. The lowest BCUT2D eigenvalue weighted by molar-refractivity contribution is -0.143. The van der Waals surface area contributed by atoms with Crippen LogP contribution < -0.4 is 32.3 Å². The molecule has 0 spiro atoms. The van der Waals surface area contributed by atoms with E-state index in [4.69, 9.17) is 5.73 Å². The number of nitrogens with one attached hydrogen (secondary N) is 6. The van der Waals surface area contributed by atoms with Gasteiger partial charge in [-0.3, -0.25) is 28.8 Å². The Balaban J connectivity index is 1.58. The number of aromatic amines is 1. The molecule has 0 radical (unpaired) electrons. The van der Waals surface area contributed by atoms with Gasteiger partial charge in [0.1, 0.15) is 42.0 Å². The Morgan fingerprint density at radius 2 is 1.23 bits per heavy atom. The summed E-state index contributed by atoms with van der Waals surface area (Å²) in [5.41, 5.74) is 8.53. The second-order valence-corrected chi connectivity index (χ2v) is 15.3. The fourth-order valence-electron chi connectivity index (χ4n) is 7.39. The average Bonchev–Trinajstić information content (AvgIpc) is 3.64. The molecule has 6 amide bonds. The normalized spacial score (nSPS) is 23.1. The van der Waals surface area contributed by atoms with Crippen LogP contribution in [0.4, 0.5) is 0 Å². The molecule has 0 bridgehead atoms. The van der Waals surface area contributed by atoms with Crippen LogP contribution in [-0.4, -0.2) is 111 Å². The molecule has 0 aliphatic carbocycles. The number of benzene rings is 3. The van der Waals surface area contributed by atoms with Gasteiger partial charge in [-0.25, -0.2) is 0 Å². The number of hydrogen-bond acceptors (Lipinski definition) is 9. The smallest absolute Gasteiger partial charge is 0.245 e. The van der Waals surface area contributed by atoms with Crippen molar-refractivity contribution in [3.8, 4) is 5.75 Å². The Kier molecular flexibility index (Phi) is 15.8. The Morgan fingerprint density at radius 1 is 0.667 bits per heavy atom. The van der Waals surface area contributed by atoms with Gasteiger partial charge in [0.05, 0.1) is 6.10 Å². The number of phenols is 1. The number of hydrogen-bond donors (Lipinski definition) is 9. The van der Waals surface area contributed by atoms with Crippen LogP contribution in [0.1, 0.15) is 56.2 Å². The van der Waals surface area contributed by atoms with Gasteiger partial charge in [0.25, 0.3) is 0 Å². The van der Waals surface area contributed by atoms with Crippen molar-refractivity contribution >= 4 is 46.3 Å². The lowest BCUT2D eigenvalue weighted by Crippen LogP contribution is -2.63. The number of carbonyl (C=O) groups is 6. The van der Waals surface area contributed by atoms with Crippen LogP contribution in [0.15, 0.2) is 85.1 Å². The second kappa shape index (κ2) is 21.1. The molecule has 1 fully saturated rings. The lowest BCUT2D eigenvalue weighted by Gasteiger charge is -2.33. The van der Waals surface area contributed by atoms with Crippen molar-refractivity contribution in [2.45, 2.75) is 101 Å². The standard InChI is InChI=1S/C44H56N8O8/c1-4-37-42(58)49-34(22-28-17-19-30(54)20-18-28)40(56)48-35(24-29-25-46-32-15-9-8-14-31(29)32)41(57)47-33(16-10-11-21-45)39(55)51-38(26(2)53)43(59)50-36(44(60)52(37)3)23-27-12-6-5-7-13-27/h5-9,12-15,17-20,25-26,33-38,46,53-54H,4,10-11,16,21-24,45H2,1-3H3,(H,47,57)(H,48,56)(H,49,58)(H,50,59)(H,51,55)/t26-,33+,34+,35-,36+,37+,38+/m1/s1. The molecule has 1 saturated heterocycles. The highest BCUT2D eigenvalue weighted by molar-refractivity contribution is 5.99. The van der Waals surface area contributed by atoms with Gasteiger partial charge < -0.3 is 52.4 Å². The summed E-state index contributed by atoms with van der Waals surface area (Å²) in [5.74, 6) is -4.35. The largest absolute Gasteiger partial charge is 0.508 e. The van der Waals surface area contributed by atoms with Gasteiger partial charge in [-0.15, -0.1) is 0 Å². The number of para-hydroxylation sites is 1. The van der Waals surface area contributed by atoms with Crippen molar-refractivity contribution in [3.05, 3.63) is 102 Å². The number of rotatable bonds is 12. The Morgan fingerprint density at radius 3 is 1.90 bits per heavy atom. The molecule has 1 aromatic heterocycles. The molecule has 16 nitrogen and oxygen atoms in total. The van der Waals surface area contributed by atoms with E-state index in [2.05, 4.69) is 31.6 Å². The number of likely N-dealkylation sites (N-methyl/N-ethyl adjacent to an activating group) is 1. The number of carbonyl (C=O) groups excluding carboxylic acids is 6. The molecule has 3 aromatic carbocycles. The number of fused-ring (bicyclic) bond motifs is 1. The molecule has 4 aromatic rings. The maximum atomic E-state index is 14.5. The predicted octanol–water partition coefficient (Wildman–Crippen LogP) is 1.09. The summed E-state index contributed by atoms with van der Waals surface area (Å²) in [6, 6.07) is 14.7. The minimum atomic E-state index is -1.55. The van der Waals surface area contributed by atoms with Gasteiger partial charge in [0, 0.05) is 43.4 Å². The van der Waals surface area contributed by atoms with Crippen LogP contribution >= 0.6 is 0 Å². The van der Waals surface area contributed by atoms with Gasteiger partial charge in [-0.2, -0.15) is 0 Å². The van der Waals surface area contributed by atoms with E-state index in [1.807, 2.05) is 24.3 Å². The zero-order chi connectivity index (χ0) is 43.3. The number of phenolic OH excluding ortho intramolecular Hbond substituents is 1. The van der Waals surface area contributed by atoms with Crippen molar-refractivity contribution in [1.82, 2.24) is 36.5 Å². The number of unbranched alkanes of at least 4 members (excludes halogenated alkanes) is 1. The van der Waals surface area contributed by atoms with E-state index in [1.165, 1.54) is 31.0 Å². The fraction of sp³-hybridized carbons (Fsp3) is 0.409. The van der Waals surface area contributed by atoms with E-state index in [0.29, 0.717) is 36.1 Å². The molecule has 7 atom stereocenters. The van der Waals surface area contributed by atoms with E-state index in [0.717, 1.165) is 10.9 Å². The van der Waals surface area contributed by atoms with Crippen molar-refractivity contribution in [3.63, 3.8) is 0 Å². The van der Waals surface area contributed by atoms with Crippen molar-refractivity contribution in [1.29, 1.82) is 0 Å². The summed E-state index contributed by atoms with van der Waals surface area (Å²) < 4.78 is 0. The van der Waals surface area contributed by atoms with E-state index in [-0.39, 0.29) is 37.9 Å². The van der Waals surface area contributed by atoms with E-state index in [9.17, 15) is 39.0 Å². The molecular weight excluding hydrogens is 769 g/mol. The number of nitrogens with two attached hydrogens (primary N) is 1. The third-order valence-electron chi connectivity index (χ3n) is 10.8. The topological polar surface area (TPSA) is 248 Å². The van der Waals surface area contributed by atoms with Crippen molar-refractivity contribution < 1.29 is 39.0 Å². The van der Waals surface area contributed by atoms with Crippen LogP contribution in [0.2, 0.25) is 0 Å². The molecule has 10 N–H and O–H groups in total. The Labute approximate surface area is 349 Å². The Hall–Kier alpha value is -6.26. The molecule has 320 valence electrons. The number of aliphatic hydroxyl groups excluding tert-OH is 1. The summed E-state index contributed by atoms with van der Waals surface area (Å²) in [7, 11) is 1.43. The van der Waals surface area contributed by atoms with Crippen LogP contribution in [0.25, 0.3) is 10.9 Å². The molecule has 0 unspecified atom stereocenters. The molecule has 0 saturated carbocycles. The predicted molar refractivity (Wildman–Crippen MR) is 225 cm³/mol. The zero-order valence-electron chi connectivity index (χ0n) is 34.1. The molecular formula is C44H56N8O8. The summed E-state index contributed by atoms with van der Waals surface area (Å²) >= 11 is 0. The van der Waals surface area contributed by atoms with Crippen LogP contribution in [-0.2, 0) is 48.0 Å². The highest BCUT2D eigenvalue weighted by Gasteiger charge is 2.38. The summed E-state index contributed by atoms with van der Waals surface area (Å²) in [6.07, 6.45) is 1.40. The second-order valence-electron chi connectivity index (χ2n) is 15.3. The molecule has 60 heavy (non-hydrogen) atoms. The van der Waals surface area contributed by atoms with Gasteiger partial charge >= 0.3 is 0 Å². The maximum Gasteiger partial charge on any atom is 0.245 e. The Bertz CT molecular complexity index is 2110. The molecule has 1 aliphatic rings. The first-order valence-electron chi connectivity index (χ1n) is 20.3. The number of amides is 6. The van der Waals surface area contributed by atoms with Gasteiger partial charge in [0.2, 0.25) is 35.4 Å². The van der Waals surface area contributed by atoms with Crippen LogP contribution in [0.3, 0.4) is 0 Å². The summed E-state index contributed by atoms with van der Waals surface area (Å²) in [4.78, 5) is 89.9.